The molecule has 0 radical (unpaired) electrons. The molecule has 2 heterocycles. The highest BCUT2D eigenvalue weighted by Gasteiger charge is 2.39. The molecule has 2 rings (SSSR count). The van der Waals surface area contributed by atoms with Gasteiger partial charge in [0.1, 0.15) is 0 Å². The molecule has 0 aliphatic heterocycles. The summed E-state index contributed by atoms with van der Waals surface area (Å²) in [6, 6.07) is 4.82. The van der Waals surface area contributed by atoms with E-state index < -0.39 is 12.3 Å². The van der Waals surface area contributed by atoms with Crippen LogP contribution in [0.5, 0.6) is 0 Å². The van der Waals surface area contributed by atoms with Gasteiger partial charge < -0.3 is 9.67 Å². The first-order valence-corrected chi connectivity index (χ1v) is 5.26. The Hall–Kier alpha value is -1.82. The molecule has 0 aliphatic rings. The lowest BCUT2D eigenvalue weighted by Crippen LogP contribution is -2.19. The molecule has 0 saturated heterocycles. The summed E-state index contributed by atoms with van der Waals surface area (Å²) in [4.78, 5) is 3.85. The first-order valence-electron chi connectivity index (χ1n) is 5.26. The SMILES string of the molecule is OC(c1ccn(Cc2ccncc2)c1)C(F)(F)F. The molecule has 0 fully saturated rings. The Balaban J connectivity index is 2.12. The van der Waals surface area contributed by atoms with Gasteiger partial charge in [-0.15, -0.1) is 0 Å². The average Bonchev–Trinajstić information content (AvgIpc) is 2.76. The van der Waals surface area contributed by atoms with E-state index in [9.17, 15) is 13.2 Å². The maximum Gasteiger partial charge on any atom is 0.418 e. The summed E-state index contributed by atoms with van der Waals surface area (Å²) in [5.41, 5.74) is 0.769. The molecule has 0 spiro atoms. The van der Waals surface area contributed by atoms with Crippen LogP contribution in [0, 0.1) is 0 Å². The lowest BCUT2D eigenvalue weighted by Gasteiger charge is -2.12. The Morgan fingerprint density at radius 1 is 1.22 bits per heavy atom. The van der Waals surface area contributed by atoms with Crippen LogP contribution in [0.15, 0.2) is 43.0 Å². The molecule has 0 aromatic carbocycles. The summed E-state index contributed by atoms with van der Waals surface area (Å²) < 4.78 is 38.5. The van der Waals surface area contributed by atoms with Crippen LogP contribution in [0.4, 0.5) is 13.2 Å². The molecule has 0 bridgehead atoms. The van der Waals surface area contributed by atoms with Crippen molar-refractivity contribution in [3.05, 3.63) is 54.1 Å². The van der Waals surface area contributed by atoms with Crippen molar-refractivity contribution in [2.75, 3.05) is 0 Å². The van der Waals surface area contributed by atoms with Crippen molar-refractivity contribution in [2.45, 2.75) is 18.8 Å². The van der Waals surface area contributed by atoms with Crippen molar-refractivity contribution in [1.82, 2.24) is 9.55 Å². The van der Waals surface area contributed by atoms with Crippen molar-refractivity contribution < 1.29 is 18.3 Å². The predicted octanol–water partition coefficient (Wildman–Crippen LogP) is 2.53. The highest BCUT2D eigenvalue weighted by atomic mass is 19.4. The molecule has 18 heavy (non-hydrogen) atoms. The van der Waals surface area contributed by atoms with Crippen LogP contribution in [0.1, 0.15) is 17.2 Å². The van der Waals surface area contributed by atoms with Crippen LogP contribution in [-0.2, 0) is 6.54 Å². The molecule has 0 saturated carbocycles. The van der Waals surface area contributed by atoms with Gasteiger partial charge in [-0.2, -0.15) is 13.2 Å². The zero-order chi connectivity index (χ0) is 13.2. The van der Waals surface area contributed by atoms with Gasteiger partial charge in [-0.25, -0.2) is 0 Å². The summed E-state index contributed by atoms with van der Waals surface area (Å²) in [5.74, 6) is 0. The van der Waals surface area contributed by atoms with Gasteiger partial charge in [0.15, 0.2) is 6.10 Å². The molecule has 1 unspecified atom stereocenters. The second-order valence-corrected chi connectivity index (χ2v) is 3.92. The molecule has 2 aromatic rings. The van der Waals surface area contributed by atoms with E-state index in [2.05, 4.69) is 4.98 Å². The van der Waals surface area contributed by atoms with E-state index in [0.717, 1.165) is 5.56 Å². The summed E-state index contributed by atoms with van der Waals surface area (Å²) in [6.07, 6.45) is -1.04. The predicted molar refractivity (Wildman–Crippen MR) is 58.8 cm³/mol. The molecule has 96 valence electrons. The zero-order valence-corrected chi connectivity index (χ0v) is 9.30. The number of aliphatic hydroxyl groups is 1. The van der Waals surface area contributed by atoms with Crippen molar-refractivity contribution in [2.24, 2.45) is 0 Å². The van der Waals surface area contributed by atoms with E-state index >= 15 is 0 Å². The van der Waals surface area contributed by atoms with Crippen molar-refractivity contribution in [3.63, 3.8) is 0 Å². The highest BCUT2D eigenvalue weighted by molar-refractivity contribution is 5.17. The molecule has 3 nitrogen and oxygen atoms in total. The third kappa shape index (κ3) is 2.89. The van der Waals surface area contributed by atoms with E-state index in [4.69, 9.17) is 5.11 Å². The lowest BCUT2D eigenvalue weighted by molar-refractivity contribution is -0.206. The minimum atomic E-state index is -4.64. The quantitative estimate of drug-likeness (QED) is 0.916. The molecule has 0 aliphatic carbocycles. The topological polar surface area (TPSA) is 38.0 Å². The fraction of sp³-hybridized carbons (Fsp3) is 0.250. The number of hydrogen-bond donors (Lipinski definition) is 1. The van der Waals surface area contributed by atoms with E-state index in [1.165, 1.54) is 18.5 Å². The first kappa shape index (κ1) is 12.6. The zero-order valence-electron chi connectivity index (χ0n) is 9.30. The van der Waals surface area contributed by atoms with Crippen molar-refractivity contribution >= 4 is 0 Å². The van der Waals surface area contributed by atoms with Crippen LogP contribution in [0.2, 0.25) is 0 Å². The second-order valence-electron chi connectivity index (χ2n) is 3.92. The maximum atomic E-state index is 12.3. The third-order valence-electron chi connectivity index (χ3n) is 2.51. The van der Waals surface area contributed by atoms with E-state index in [1.807, 2.05) is 0 Å². The van der Waals surface area contributed by atoms with E-state index in [1.54, 1.807) is 29.1 Å². The van der Waals surface area contributed by atoms with E-state index in [-0.39, 0.29) is 5.56 Å². The summed E-state index contributed by atoms with van der Waals surface area (Å²) >= 11 is 0. The van der Waals surface area contributed by atoms with Gasteiger partial charge in [-0.05, 0) is 23.8 Å². The molecular weight excluding hydrogens is 245 g/mol. The number of rotatable bonds is 3. The van der Waals surface area contributed by atoms with Gasteiger partial charge in [0.05, 0.1) is 0 Å². The maximum absolute atomic E-state index is 12.3. The Kier molecular flexibility index (Phi) is 3.38. The minimum Gasteiger partial charge on any atom is -0.379 e. The van der Waals surface area contributed by atoms with Gasteiger partial charge in [-0.3, -0.25) is 4.98 Å². The Bertz CT molecular complexity index is 508. The van der Waals surface area contributed by atoms with Crippen LogP contribution in [-0.4, -0.2) is 20.8 Å². The number of hydrogen-bond acceptors (Lipinski definition) is 2. The fourth-order valence-corrected chi connectivity index (χ4v) is 1.61. The van der Waals surface area contributed by atoms with Gasteiger partial charge in [0.25, 0.3) is 0 Å². The molecule has 0 amide bonds. The summed E-state index contributed by atoms with van der Waals surface area (Å²) in [7, 11) is 0. The first-order chi connectivity index (χ1) is 8.47. The van der Waals surface area contributed by atoms with Gasteiger partial charge in [0, 0.05) is 36.9 Å². The summed E-state index contributed by atoms with van der Waals surface area (Å²) in [5, 5.41) is 9.09. The van der Waals surface area contributed by atoms with Crippen molar-refractivity contribution in [3.8, 4) is 0 Å². The molecule has 2 aromatic heterocycles. The van der Waals surface area contributed by atoms with Crippen LogP contribution in [0.25, 0.3) is 0 Å². The fourth-order valence-electron chi connectivity index (χ4n) is 1.61. The standard InChI is InChI=1S/C12H11F3N2O/c13-12(14,15)11(18)10-3-6-17(8-10)7-9-1-4-16-5-2-9/h1-6,8,11,18H,7H2. The molecular formula is C12H11F3N2O. The highest BCUT2D eigenvalue weighted by Crippen LogP contribution is 2.32. The Morgan fingerprint density at radius 2 is 1.89 bits per heavy atom. The monoisotopic (exact) mass is 256 g/mol. The summed E-state index contributed by atoms with van der Waals surface area (Å²) in [6.45, 7) is 0.438. The van der Waals surface area contributed by atoms with Crippen LogP contribution in [0.3, 0.4) is 0 Å². The smallest absolute Gasteiger partial charge is 0.379 e. The number of pyridine rings is 1. The number of aromatic nitrogens is 2. The molecule has 1 N–H and O–H groups in total. The number of aliphatic hydroxyl groups excluding tert-OH is 1. The molecule has 1 atom stereocenters. The van der Waals surface area contributed by atoms with Gasteiger partial charge in [-0.1, -0.05) is 0 Å². The van der Waals surface area contributed by atoms with Crippen LogP contribution < -0.4 is 0 Å². The minimum absolute atomic E-state index is 0.156. The largest absolute Gasteiger partial charge is 0.418 e. The van der Waals surface area contributed by atoms with E-state index in [0.29, 0.717) is 6.54 Å². The number of alkyl halides is 3. The normalized spacial score (nSPS) is 13.6. The Morgan fingerprint density at radius 3 is 2.50 bits per heavy atom. The second kappa shape index (κ2) is 4.81. The van der Waals surface area contributed by atoms with Gasteiger partial charge >= 0.3 is 6.18 Å². The van der Waals surface area contributed by atoms with Crippen molar-refractivity contribution in [1.29, 1.82) is 0 Å². The average molecular weight is 256 g/mol. The van der Waals surface area contributed by atoms with Gasteiger partial charge in [0.2, 0.25) is 0 Å². The third-order valence-corrected chi connectivity index (χ3v) is 2.51. The van der Waals surface area contributed by atoms with Crippen LogP contribution >= 0.6 is 0 Å². The lowest BCUT2D eigenvalue weighted by atomic mass is 10.2. The number of halogens is 3. The number of nitrogens with zero attached hydrogens (tertiary/aromatic N) is 2. The Labute approximate surface area is 102 Å². The molecule has 6 heteroatoms.